The van der Waals surface area contributed by atoms with Gasteiger partial charge in [-0.25, -0.2) is 0 Å². The van der Waals surface area contributed by atoms with Gasteiger partial charge < -0.3 is 9.32 Å². The van der Waals surface area contributed by atoms with Crippen molar-refractivity contribution < 1.29 is 4.42 Å². The van der Waals surface area contributed by atoms with Gasteiger partial charge in [0.05, 0.1) is 0 Å². The maximum atomic E-state index is 6.93. The third-order valence-electron chi connectivity index (χ3n) is 16.7. The molecule has 0 aliphatic heterocycles. The smallest absolute Gasteiger partial charge is 0.143 e. The molecule has 15 rings (SSSR count). The zero-order chi connectivity index (χ0) is 41.6. The summed E-state index contributed by atoms with van der Waals surface area (Å²) in [7, 11) is 0. The third-order valence-corrected chi connectivity index (χ3v) is 16.7. The van der Waals surface area contributed by atoms with Crippen molar-refractivity contribution in [2.45, 2.75) is 56.8 Å². The fraction of sp³-hybridized carbons (Fsp3) is 0.213. The van der Waals surface area contributed by atoms with Crippen molar-refractivity contribution in [3.8, 4) is 44.5 Å². The van der Waals surface area contributed by atoms with E-state index in [-0.39, 0.29) is 10.8 Å². The number of hydrogen-bond acceptors (Lipinski definition) is 2. The number of para-hydroxylation sites is 1. The van der Waals surface area contributed by atoms with E-state index in [9.17, 15) is 0 Å². The number of rotatable bonds is 5. The zero-order valence-electron chi connectivity index (χ0n) is 35.9. The molecule has 6 aliphatic rings. The Hall–Kier alpha value is -6.64. The molecule has 4 bridgehead atoms. The molecule has 2 heteroatoms. The molecule has 8 aromatic carbocycles. The van der Waals surface area contributed by atoms with E-state index >= 15 is 0 Å². The Bertz CT molecular complexity index is 3300. The minimum absolute atomic E-state index is 0.0578. The lowest BCUT2D eigenvalue weighted by Crippen LogP contribution is -2.55. The Kier molecular flexibility index (Phi) is 7.38. The van der Waals surface area contributed by atoms with Gasteiger partial charge in [-0.05, 0) is 166 Å². The number of hydrogen-bond donors (Lipinski definition) is 0. The van der Waals surface area contributed by atoms with Gasteiger partial charge in [0, 0.05) is 44.2 Å². The van der Waals surface area contributed by atoms with Crippen LogP contribution in [0, 0.1) is 23.7 Å². The minimum atomic E-state index is -0.0578. The summed E-state index contributed by atoms with van der Waals surface area (Å²) < 4.78 is 6.93. The lowest BCUT2D eigenvalue weighted by Gasteiger charge is -2.61. The molecule has 1 spiro atoms. The summed E-state index contributed by atoms with van der Waals surface area (Å²) in [5, 5.41) is 2.27. The van der Waals surface area contributed by atoms with Crippen LogP contribution in [0.15, 0.2) is 180 Å². The Balaban J connectivity index is 0.901. The van der Waals surface area contributed by atoms with Crippen LogP contribution in [-0.2, 0) is 10.8 Å². The molecule has 0 saturated heterocycles. The highest BCUT2D eigenvalue weighted by Crippen LogP contribution is 2.69. The molecule has 9 aromatic rings. The molecular formula is C61H49NO. The highest BCUT2D eigenvalue weighted by Gasteiger charge is 2.61. The van der Waals surface area contributed by atoms with Crippen LogP contribution < -0.4 is 4.90 Å². The second-order valence-corrected chi connectivity index (χ2v) is 20.1. The molecule has 63 heavy (non-hydrogen) atoms. The van der Waals surface area contributed by atoms with E-state index in [1.54, 1.807) is 11.1 Å². The first kappa shape index (κ1) is 35.9. The molecule has 1 heterocycles. The zero-order valence-corrected chi connectivity index (χ0v) is 35.9. The fourth-order valence-corrected chi connectivity index (χ4v) is 14.2. The number of fused-ring (bicyclic) bond motifs is 9. The molecule has 4 fully saturated rings. The molecule has 1 aromatic heterocycles. The first-order valence-corrected chi connectivity index (χ1v) is 23.3. The van der Waals surface area contributed by atoms with Gasteiger partial charge in [-0.15, -0.1) is 0 Å². The van der Waals surface area contributed by atoms with E-state index in [0.717, 1.165) is 68.2 Å². The van der Waals surface area contributed by atoms with Gasteiger partial charge in [-0.2, -0.15) is 0 Å². The molecular weight excluding hydrogens is 763 g/mol. The Morgan fingerprint density at radius 1 is 0.413 bits per heavy atom. The molecule has 0 radical (unpaired) electrons. The Labute approximate surface area is 369 Å². The second kappa shape index (κ2) is 13.0. The van der Waals surface area contributed by atoms with E-state index in [1.165, 1.54) is 82.2 Å². The number of benzene rings is 8. The lowest BCUT2D eigenvalue weighted by molar-refractivity contribution is -0.0399. The van der Waals surface area contributed by atoms with Crippen molar-refractivity contribution in [1.29, 1.82) is 0 Å². The Morgan fingerprint density at radius 2 is 0.968 bits per heavy atom. The summed E-state index contributed by atoms with van der Waals surface area (Å²) in [4.78, 5) is 2.42. The van der Waals surface area contributed by atoms with Crippen LogP contribution in [-0.4, -0.2) is 0 Å². The van der Waals surface area contributed by atoms with Crippen molar-refractivity contribution in [2.24, 2.45) is 23.7 Å². The summed E-state index contributed by atoms with van der Waals surface area (Å²) in [6.07, 6.45) is 7.08. The van der Waals surface area contributed by atoms with E-state index in [0.29, 0.717) is 0 Å². The average Bonchev–Trinajstić information content (AvgIpc) is 3.92. The highest BCUT2D eigenvalue weighted by molar-refractivity contribution is 6.11. The quantitative estimate of drug-likeness (QED) is 0.172. The third kappa shape index (κ3) is 4.95. The van der Waals surface area contributed by atoms with Gasteiger partial charge in [0.15, 0.2) is 0 Å². The van der Waals surface area contributed by atoms with E-state index in [2.05, 4.69) is 195 Å². The molecule has 0 atom stereocenters. The van der Waals surface area contributed by atoms with Crippen LogP contribution in [0.5, 0.6) is 0 Å². The van der Waals surface area contributed by atoms with Gasteiger partial charge in [-0.3, -0.25) is 0 Å². The summed E-state index contributed by atoms with van der Waals surface area (Å²) in [6.45, 7) is 4.70. The van der Waals surface area contributed by atoms with Crippen molar-refractivity contribution in [3.05, 3.63) is 198 Å². The van der Waals surface area contributed by atoms with E-state index in [1.807, 2.05) is 0 Å². The van der Waals surface area contributed by atoms with Gasteiger partial charge in [0.2, 0.25) is 0 Å². The van der Waals surface area contributed by atoms with Gasteiger partial charge in [-0.1, -0.05) is 141 Å². The summed E-state index contributed by atoms with van der Waals surface area (Å²) in [6, 6.07) is 66.1. The second-order valence-electron chi connectivity index (χ2n) is 20.1. The summed E-state index contributed by atoms with van der Waals surface area (Å²) in [5.41, 5.74) is 21.6. The topological polar surface area (TPSA) is 16.4 Å². The number of anilines is 3. The normalized spacial score (nSPS) is 23.0. The monoisotopic (exact) mass is 811 g/mol. The van der Waals surface area contributed by atoms with Gasteiger partial charge in [0.25, 0.3) is 0 Å². The molecule has 2 nitrogen and oxygen atoms in total. The van der Waals surface area contributed by atoms with E-state index < -0.39 is 0 Å². The standard InChI is InChI=1S/C61H49NO/c1-60(2)54-17-8-6-13-48(54)52-35-45(24-27-55(52)60)62(44-22-19-40(20-23-44)39-11-4-3-5-12-39)46-25-28-58-53(36-46)50-16-10-15-47(59(50)63-58)41-21-26-57-51(34-41)49-14-7-9-18-56(49)61(57)42-30-37-29-38(32-42)33-43(61)31-37/h3-28,34-38,42-43H,29-33H2,1-2H3. The molecule has 0 unspecified atom stereocenters. The molecule has 304 valence electrons. The highest BCUT2D eigenvalue weighted by atomic mass is 16.3. The van der Waals surface area contributed by atoms with Crippen LogP contribution in [0.3, 0.4) is 0 Å². The Morgan fingerprint density at radius 3 is 1.75 bits per heavy atom. The predicted octanol–water partition coefficient (Wildman–Crippen LogP) is 16.4. The largest absolute Gasteiger partial charge is 0.455 e. The summed E-state index contributed by atoms with van der Waals surface area (Å²) in [5.74, 6) is 3.39. The lowest BCUT2D eigenvalue weighted by atomic mass is 9.43. The molecule has 6 aliphatic carbocycles. The van der Waals surface area contributed by atoms with Gasteiger partial charge >= 0.3 is 0 Å². The molecule has 0 N–H and O–H groups in total. The van der Waals surface area contributed by atoms with Gasteiger partial charge in [0.1, 0.15) is 11.2 Å². The maximum Gasteiger partial charge on any atom is 0.143 e. The van der Waals surface area contributed by atoms with Crippen molar-refractivity contribution >= 4 is 39.0 Å². The van der Waals surface area contributed by atoms with Crippen molar-refractivity contribution in [3.63, 3.8) is 0 Å². The van der Waals surface area contributed by atoms with Crippen LogP contribution in [0.25, 0.3) is 66.4 Å². The first-order valence-electron chi connectivity index (χ1n) is 23.3. The molecule has 4 saturated carbocycles. The minimum Gasteiger partial charge on any atom is -0.455 e. The summed E-state index contributed by atoms with van der Waals surface area (Å²) >= 11 is 0. The molecule has 0 amide bonds. The van der Waals surface area contributed by atoms with Crippen LogP contribution in [0.2, 0.25) is 0 Å². The van der Waals surface area contributed by atoms with Crippen molar-refractivity contribution in [1.82, 2.24) is 0 Å². The predicted molar refractivity (Wildman–Crippen MR) is 260 cm³/mol. The van der Waals surface area contributed by atoms with Crippen molar-refractivity contribution in [2.75, 3.05) is 4.90 Å². The number of nitrogens with zero attached hydrogens (tertiary/aromatic N) is 1. The van der Waals surface area contributed by atoms with Crippen LogP contribution in [0.4, 0.5) is 17.1 Å². The number of furan rings is 1. The first-order chi connectivity index (χ1) is 30.9. The van der Waals surface area contributed by atoms with Crippen LogP contribution >= 0.6 is 0 Å². The average molecular weight is 812 g/mol. The van der Waals surface area contributed by atoms with Crippen LogP contribution in [0.1, 0.15) is 68.2 Å². The SMILES string of the molecule is CC1(C)c2ccccc2-c2cc(N(c3ccc(-c4ccccc4)cc3)c3ccc4oc5c(-c6ccc7c(c6)-c6ccccc6C76C7CC8CC(C7)CC6C8)cccc5c4c3)ccc21. The fourth-order valence-electron chi connectivity index (χ4n) is 14.2. The maximum absolute atomic E-state index is 6.93. The van der Waals surface area contributed by atoms with E-state index in [4.69, 9.17) is 4.42 Å².